The Bertz CT molecular complexity index is 3180. The smallest absolute Gasteiger partial charge is 0.418 e. The summed E-state index contributed by atoms with van der Waals surface area (Å²) in [4.78, 5) is 60.9. The van der Waals surface area contributed by atoms with E-state index in [0.717, 1.165) is 22.6 Å². The van der Waals surface area contributed by atoms with Crippen LogP contribution in [0.5, 0.6) is 11.8 Å². The van der Waals surface area contributed by atoms with Crippen LogP contribution in [-0.4, -0.2) is 85.8 Å². The molecule has 2 unspecified atom stereocenters. The topological polar surface area (TPSA) is 188 Å². The number of carbonyl (C=O) groups is 2. The van der Waals surface area contributed by atoms with E-state index in [9.17, 15) is 32.7 Å². The fourth-order valence-electron chi connectivity index (χ4n) is 9.38. The Morgan fingerprint density at radius 2 is 1.82 bits per heavy atom. The minimum atomic E-state index is -4.91. The zero-order chi connectivity index (χ0) is 47.8. The molecule has 15 nitrogen and oxygen atoms in total. The van der Waals surface area contributed by atoms with Gasteiger partial charge in [-0.1, -0.05) is 31.5 Å². The Kier molecular flexibility index (Phi) is 11.6. The van der Waals surface area contributed by atoms with Crippen LogP contribution in [0.1, 0.15) is 66.7 Å². The quantitative estimate of drug-likeness (QED) is 0.0838. The Balaban J connectivity index is 0.953. The Labute approximate surface area is 384 Å². The number of nitrogen functional groups attached to an aromatic ring is 1. The molecule has 348 valence electrons. The number of ether oxygens (including phenoxy) is 3. The van der Waals surface area contributed by atoms with Gasteiger partial charge in [0.15, 0.2) is 11.9 Å². The molecule has 0 aliphatic carbocycles. The van der Waals surface area contributed by atoms with Crippen molar-refractivity contribution in [2.24, 2.45) is 0 Å². The monoisotopic (exact) mass is 942 g/mol. The number of cyclic esters (lactones) is 1. The number of hydrogen-bond acceptors (Lipinski definition) is 13. The average Bonchev–Trinajstić information content (AvgIpc) is 3.65. The molecule has 0 radical (unpaired) electrons. The number of methoxy groups -OCH3 is 1. The van der Waals surface area contributed by atoms with Gasteiger partial charge in [0.2, 0.25) is 0 Å². The van der Waals surface area contributed by atoms with Crippen molar-refractivity contribution in [1.29, 1.82) is 0 Å². The maximum absolute atomic E-state index is 16.6. The van der Waals surface area contributed by atoms with E-state index in [1.165, 1.54) is 20.1 Å². The summed E-state index contributed by atoms with van der Waals surface area (Å²) in [7, 11) is 1.28. The third-order valence-electron chi connectivity index (χ3n) is 12.5. The molecule has 67 heavy (non-hydrogen) atoms. The van der Waals surface area contributed by atoms with Crippen molar-refractivity contribution in [3.05, 3.63) is 103 Å². The number of aliphatic hydroxyl groups is 1. The van der Waals surface area contributed by atoms with E-state index in [1.807, 2.05) is 43.9 Å². The van der Waals surface area contributed by atoms with Crippen molar-refractivity contribution in [3.8, 4) is 34.4 Å². The number of carbonyl (C=O) groups excluding carboxylic acids is 2. The minimum absolute atomic E-state index is 0.0482. The summed E-state index contributed by atoms with van der Waals surface area (Å²) in [5, 5.41) is 11.1. The number of halogens is 5. The van der Waals surface area contributed by atoms with E-state index in [2.05, 4.69) is 15.0 Å². The van der Waals surface area contributed by atoms with Crippen LogP contribution in [0.25, 0.3) is 44.5 Å². The van der Waals surface area contributed by atoms with Crippen molar-refractivity contribution < 1.29 is 46.5 Å². The fourth-order valence-corrected chi connectivity index (χ4v) is 9.66. The molecule has 3 N–H and O–H groups in total. The van der Waals surface area contributed by atoms with Gasteiger partial charge in [-0.05, 0) is 74.2 Å². The second-order valence-electron chi connectivity index (χ2n) is 16.6. The van der Waals surface area contributed by atoms with Gasteiger partial charge in [-0.2, -0.15) is 23.1 Å². The van der Waals surface area contributed by atoms with E-state index < -0.39 is 46.9 Å². The van der Waals surface area contributed by atoms with Crippen molar-refractivity contribution in [1.82, 2.24) is 29.4 Å². The number of fused-ring (bicyclic) bond motifs is 6. The molecule has 2 atom stereocenters. The van der Waals surface area contributed by atoms with Crippen LogP contribution in [0.4, 0.5) is 29.2 Å². The highest BCUT2D eigenvalue weighted by Gasteiger charge is 2.40. The predicted octanol–water partition coefficient (Wildman–Crippen LogP) is 7.25. The molecule has 1 amide bonds. The summed E-state index contributed by atoms with van der Waals surface area (Å²) in [5.74, 6) is -1.78. The number of alkyl halides is 3. The number of anilines is 2. The molecule has 1 saturated heterocycles. The zero-order valence-corrected chi connectivity index (χ0v) is 37.6. The lowest BCUT2D eigenvalue weighted by atomic mass is 9.97. The van der Waals surface area contributed by atoms with Gasteiger partial charge in [-0.3, -0.25) is 9.59 Å². The van der Waals surface area contributed by atoms with Gasteiger partial charge in [0.05, 0.1) is 63.5 Å². The number of nitrogens with two attached hydrogens (primary N) is 1. The fraction of sp³-hybridized carbons (Fsp3) is 0.340. The second-order valence-corrected chi connectivity index (χ2v) is 17.0. The molecule has 1 fully saturated rings. The minimum Gasteiger partial charge on any atom is -0.489 e. The number of esters is 1. The number of amides is 1. The van der Waals surface area contributed by atoms with E-state index >= 15 is 4.39 Å². The lowest BCUT2D eigenvalue weighted by Gasteiger charge is -2.41. The Hall–Kier alpha value is -6.86. The number of allylic oxidation sites excluding steroid dienone is 1. The standard InChI is InChI=1S/C47H43ClF4N8O7/c1-6-8-23(19-66-24-9-10-32-26(14-24)25(7-2)29-18-60-33(38(29)54-32)16-27-30(44(60)63)20-67-45(64)41(27)61)43(62)58-11-12-59(22(4)17-58)42-28-15-31(48)35(37(49)39(28)56-46(57-42)65-5)40-36(47(50,51)52)21(3)13-34(53)55-40/h8-10,13-16,22,41,61H,6-7,11-12,17-20H2,1-5H3,(H2,53,55)/b23-8+. The molecular formula is C47H43ClF4N8O7. The third-order valence-corrected chi connectivity index (χ3v) is 12.8. The highest BCUT2D eigenvalue weighted by Crippen LogP contribution is 2.45. The van der Waals surface area contributed by atoms with Gasteiger partial charge in [0.1, 0.15) is 36.1 Å². The number of nitrogens with zero attached hydrogens (tertiary/aromatic N) is 7. The van der Waals surface area contributed by atoms with Gasteiger partial charge in [0, 0.05) is 47.6 Å². The number of pyridine rings is 3. The number of aliphatic hydroxyl groups excluding tert-OH is 1. The van der Waals surface area contributed by atoms with Crippen molar-refractivity contribution in [2.45, 2.75) is 72.0 Å². The molecule has 20 heteroatoms. The molecule has 3 aliphatic rings. The van der Waals surface area contributed by atoms with E-state index in [1.54, 1.807) is 21.6 Å². The van der Waals surface area contributed by atoms with Crippen molar-refractivity contribution in [3.63, 3.8) is 0 Å². The maximum Gasteiger partial charge on any atom is 0.418 e. The molecule has 2 aromatic carbocycles. The number of rotatable bonds is 9. The average molecular weight is 943 g/mol. The Morgan fingerprint density at radius 1 is 1.04 bits per heavy atom. The van der Waals surface area contributed by atoms with Crippen molar-refractivity contribution >= 4 is 56.9 Å². The van der Waals surface area contributed by atoms with Crippen LogP contribution >= 0.6 is 11.6 Å². The summed E-state index contributed by atoms with van der Waals surface area (Å²) >= 11 is 6.61. The highest BCUT2D eigenvalue weighted by atomic mass is 35.5. The molecule has 9 rings (SSSR count). The molecule has 0 spiro atoms. The summed E-state index contributed by atoms with van der Waals surface area (Å²) < 4.78 is 77.8. The van der Waals surface area contributed by atoms with Crippen LogP contribution in [0.15, 0.2) is 52.8 Å². The van der Waals surface area contributed by atoms with Crippen molar-refractivity contribution in [2.75, 3.05) is 44.0 Å². The highest BCUT2D eigenvalue weighted by molar-refractivity contribution is 6.34. The van der Waals surface area contributed by atoms with Gasteiger partial charge < -0.3 is 39.4 Å². The van der Waals surface area contributed by atoms with E-state index in [4.69, 9.17) is 36.5 Å². The summed E-state index contributed by atoms with van der Waals surface area (Å²) in [6, 6.07) is 8.77. The predicted molar refractivity (Wildman–Crippen MR) is 240 cm³/mol. The summed E-state index contributed by atoms with van der Waals surface area (Å²) in [5.41, 5.74) is 6.74. The molecular weight excluding hydrogens is 900 g/mol. The zero-order valence-electron chi connectivity index (χ0n) is 36.8. The maximum atomic E-state index is 16.6. The Morgan fingerprint density at radius 3 is 2.52 bits per heavy atom. The molecule has 3 aliphatic heterocycles. The second kappa shape index (κ2) is 17.1. The first-order chi connectivity index (χ1) is 31.9. The first-order valence-corrected chi connectivity index (χ1v) is 21.8. The first kappa shape index (κ1) is 45.3. The number of aromatic nitrogens is 5. The van der Waals surface area contributed by atoms with E-state index in [-0.39, 0.29) is 101 Å². The van der Waals surface area contributed by atoms with E-state index in [0.29, 0.717) is 41.1 Å². The normalized spacial score (nSPS) is 17.1. The number of hydrogen-bond donors (Lipinski definition) is 2. The number of benzene rings is 2. The van der Waals surface area contributed by atoms with Crippen LogP contribution in [-0.2, 0) is 40.1 Å². The molecule has 0 saturated carbocycles. The lowest BCUT2D eigenvalue weighted by molar-refractivity contribution is -0.157. The van der Waals surface area contributed by atoms with Crippen LogP contribution in [0.2, 0.25) is 5.02 Å². The van der Waals surface area contributed by atoms with Crippen LogP contribution in [0.3, 0.4) is 0 Å². The van der Waals surface area contributed by atoms with Gasteiger partial charge in [0.25, 0.3) is 11.5 Å². The summed E-state index contributed by atoms with van der Waals surface area (Å²) in [6.07, 6.45) is -3.51. The lowest BCUT2D eigenvalue weighted by Crippen LogP contribution is -2.54. The SMILES string of the molecule is CC/C=C(\COc1ccc2nc3c(c(CC)c2c1)Cn1c-3cc2c(c1=O)COC(=O)C2O)C(=O)N1CCN(c2nc(OC)nc3c(F)c(-c4nc(N)cc(C)c4C(F)(F)F)c(Cl)cc23)C(C)C1. The number of piperazine rings is 1. The molecule has 6 aromatic rings. The summed E-state index contributed by atoms with van der Waals surface area (Å²) in [6.45, 7) is 7.61. The molecule has 4 aromatic heterocycles. The van der Waals surface area contributed by atoms with Gasteiger partial charge in [-0.15, -0.1) is 0 Å². The van der Waals surface area contributed by atoms with Gasteiger partial charge in [-0.25, -0.2) is 19.2 Å². The van der Waals surface area contributed by atoms with Crippen LogP contribution < -0.4 is 25.7 Å². The largest absolute Gasteiger partial charge is 0.489 e. The third kappa shape index (κ3) is 7.72. The molecule has 7 heterocycles. The molecule has 0 bridgehead atoms. The van der Waals surface area contributed by atoms with Gasteiger partial charge >= 0.3 is 18.2 Å². The van der Waals surface area contributed by atoms with Crippen LogP contribution in [0, 0.1) is 12.7 Å². The number of aryl methyl sites for hydroxylation is 2. The first-order valence-electron chi connectivity index (χ1n) is 21.5.